The molecular formula is C18H22N4O. The Kier molecular flexibility index (Phi) is 3.51. The Morgan fingerprint density at radius 3 is 2.74 bits per heavy atom. The van der Waals surface area contributed by atoms with Crippen molar-refractivity contribution in [2.75, 3.05) is 18.0 Å². The maximum atomic E-state index is 12.5. The second-order valence-electron chi connectivity index (χ2n) is 7.51. The SMILES string of the molecule is Cc1cc(N2CC[C@H]3C(C)(C)C(=O)C(C#N)=C[C@@]3(C)C2)ncn1. The Bertz CT molecular complexity index is 731. The molecule has 0 bridgehead atoms. The molecule has 0 radical (unpaired) electrons. The molecule has 1 aromatic heterocycles. The predicted molar refractivity (Wildman–Crippen MR) is 87.7 cm³/mol. The summed E-state index contributed by atoms with van der Waals surface area (Å²) in [4.78, 5) is 23.3. The Morgan fingerprint density at radius 1 is 1.35 bits per heavy atom. The number of nitriles is 1. The van der Waals surface area contributed by atoms with Gasteiger partial charge in [-0.1, -0.05) is 26.8 Å². The molecule has 2 aliphatic rings. The molecule has 120 valence electrons. The minimum absolute atomic E-state index is 0.0196. The van der Waals surface area contributed by atoms with E-state index in [2.05, 4.69) is 27.9 Å². The van der Waals surface area contributed by atoms with Gasteiger partial charge < -0.3 is 4.90 Å². The van der Waals surface area contributed by atoms with E-state index in [1.165, 1.54) is 0 Å². The highest BCUT2D eigenvalue weighted by molar-refractivity contribution is 6.04. The summed E-state index contributed by atoms with van der Waals surface area (Å²) in [5.74, 6) is 1.13. The Hall–Kier alpha value is -2.22. The van der Waals surface area contributed by atoms with Crippen LogP contribution < -0.4 is 4.90 Å². The number of hydrogen-bond donors (Lipinski definition) is 0. The lowest BCUT2D eigenvalue weighted by Gasteiger charge is -2.53. The molecule has 1 fully saturated rings. The van der Waals surface area contributed by atoms with Crippen molar-refractivity contribution in [2.24, 2.45) is 16.7 Å². The third kappa shape index (κ3) is 2.42. The van der Waals surface area contributed by atoms with Gasteiger partial charge >= 0.3 is 0 Å². The molecule has 23 heavy (non-hydrogen) atoms. The molecule has 1 aromatic rings. The van der Waals surface area contributed by atoms with Crippen molar-refractivity contribution in [3.8, 4) is 6.07 Å². The molecule has 2 atom stereocenters. The first-order valence-corrected chi connectivity index (χ1v) is 7.99. The summed E-state index contributed by atoms with van der Waals surface area (Å²) in [6.07, 6.45) is 4.39. The molecule has 1 saturated heterocycles. The number of Topliss-reactive ketones (excluding diaryl/α,β-unsaturated/α-hetero) is 1. The summed E-state index contributed by atoms with van der Waals surface area (Å²) in [6.45, 7) is 9.69. The van der Waals surface area contributed by atoms with E-state index in [1.807, 2.05) is 32.9 Å². The van der Waals surface area contributed by atoms with E-state index >= 15 is 0 Å². The average Bonchev–Trinajstić information content (AvgIpc) is 2.50. The molecule has 2 heterocycles. The second-order valence-corrected chi connectivity index (χ2v) is 7.51. The van der Waals surface area contributed by atoms with Gasteiger partial charge in [0.15, 0.2) is 5.78 Å². The molecule has 5 heteroatoms. The van der Waals surface area contributed by atoms with Crippen molar-refractivity contribution in [1.29, 1.82) is 5.26 Å². The van der Waals surface area contributed by atoms with Gasteiger partial charge in [-0.15, -0.1) is 0 Å². The lowest BCUT2D eigenvalue weighted by molar-refractivity contribution is -0.130. The zero-order valence-electron chi connectivity index (χ0n) is 14.1. The van der Waals surface area contributed by atoms with Crippen molar-refractivity contribution in [3.63, 3.8) is 0 Å². The van der Waals surface area contributed by atoms with E-state index < -0.39 is 5.41 Å². The Labute approximate surface area is 137 Å². The first-order valence-electron chi connectivity index (χ1n) is 7.99. The van der Waals surface area contributed by atoms with E-state index in [0.717, 1.165) is 31.0 Å². The fourth-order valence-corrected chi connectivity index (χ4v) is 4.34. The van der Waals surface area contributed by atoms with E-state index in [1.54, 1.807) is 6.33 Å². The number of rotatable bonds is 1. The summed E-state index contributed by atoms with van der Waals surface area (Å²) < 4.78 is 0. The molecule has 5 nitrogen and oxygen atoms in total. The van der Waals surface area contributed by atoms with Crippen LogP contribution in [-0.2, 0) is 4.79 Å². The number of ketones is 1. The largest absolute Gasteiger partial charge is 0.356 e. The third-order valence-corrected chi connectivity index (χ3v) is 5.42. The lowest BCUT2D eigenvalue weighted by Crippen LogP contribution is -2.56. The quantitative estimate of drug-likeness (QED) is 0.797. The normalized spacial score (nSPS) is 29.5. The Morgan fingerprint density at radius 2 is 2.09 bits per heavy atom. The van der Waals surface area contributed by atoms with Crippen LogP contribution in [0.25, 0.3) is 0 Å². The molecule has 3 rings (SSSR count). The number of anilines is 1. The fourth-order valence-electron chi connectivity index (χ4n) is 4.34. The molecule has 0 spiro atoms. The number of fused-ring (bicyclic) bond motifs is 1. The second kappa shape index (κ2) is 5.16. The van der Waals surface area contributed by atoms with E-state index in [4.69, 9.17) is 0 Å². The zero-order chi connectivity index (χ0) is 16.8. The number of carbonyl (C=O) groups is 1. The van der Waals surface area contributed by atoms with Gasteiger partial charge in [-0.3, -0.25) is 4.79 Å². The van der Waals surface area contributed by atoms with Gasteiger partial charge in [0.1, 0.15) is 18.2 Å². The molecular weight excluding hydrogens is 288 g/mol. The van der Waals surface area contributed by atoms with Crippen LogP contribution in [0, 0.1) is 35.0 Å². The number of piperidine rings is 1. The monoisotopic (exact) mass is 310 g/mol. The van der Waals surface area contributed by atoms with Crippen LogP contribution in [-0.4, -0.2) is 28.8 Å². The van der Waals surface area contributed by atoms with Crippen LogP contribution in [0.15, 0.2) is 24.0 Å². The maximum Gasteiger partial charge on any atom is 0.178 e. The number of hydrogen-bond acceptors (Lipinski definition) is 5. The summed E-state index contributed by atoms with van der Waals surface area (Å²) in [7, 11) is 0. The zero-order valence-corrected chi connectivity index (χ0v) is 14.1. The first kappa shape index (κ1) is 15.7. The molecule has 0 aromatic carbocycles. The highest BCUT2D eigenvalue weighted by Crippen LogP contribution is 2.52. The number of aryl methyl sites for hydroxylation is 1. The van der Waals surface area contributed by atoms with E-state index in [9.17, 15) is 10.1 Å². The van der Waals surface area contributed by atoms with Gasteiger partial charge in [0.25, 0.3) is 0 Å². The number of carbonyl (C=O) groups excluding carboxylic acids is 1. The smallest absolute Gasteiger partial charge is 0.178 e. The maximum absolute atomic E-state index is 12.5. The summed E-state index contributed by atoms with van der Waals surface area (Å²) >= 11 is 0. The van der Waals surface area contributed by atoms with Crippen LogP contribution >= 0.6 is 0 Å². The highest BCUT2D eigenvalue weighted by Gasteiger charge is 2.53. The van der Waals surface area contributed by atoms with Crippen LogP contribution in [0.3, 0.4) is 0 Å². The molecule has 0 unspecified atom stereocenters. The summed E-state index contributed by atoms with van der Waals surface area (Å²) in [5, 5.41) is 9.34. The predicted octanol–water partition coefficient (Wildman–Crippen LogP) is 2.68. The van der Waals surface area contributed by atoms with Crippen molar-refractivity contribution in [2.45, 2.75) is 34.1 Å². The minimum atomic E-state index is -0.498. The van der Waals surface area contributed by atoms with Crippen LogP contribution in [0.1, 0.15) is 32.9 Å². The molecule has 0 N–H and O–H groups in total. The van der Waals surface area contributed by atoms with Crippen molar-refractivity contribution in [3.05, 3.63) is 29.7 Å². The van der Waals surface area contributed by atoms with Gasteiger partial charge in [-0.05, 0) is 19.3 Å². The summed E-state index contributed by atoms with van der Waals surface area (Å²) in [5.41, 5.74) is 0.533. The van der Waals surface area contributed by atoms with Crippen molar-refractivity contribution in [1.82, 2.24) is 9.97 Å². The van der Waals surface area contributed by atoms with Crippen molar-refractivity contribution >= 4 is 11.6 Å². The van der Waals surface area contributed by atoms with Crippen LogP contribution in [0.2, 0.25) is 0 Å². The molecule has 0 amide bonds. The number of aromatic nitrogens is 2. The minimum Gasteiger partial charge on any atom is -0.356 e. The number of nitrogens with zero attached hydrogens (tertiary/aromatic N) is 4. The van der Waals surface area contributed by atoms with Gasteiger partial charge in [0.05, 0.1) is 5.57 Å². The Balaban J connectivity index is 1.99. The van der Waals surface area contributed by atoms with Gasteiger partial charge in [0.2, 0.25) is 0 Å². The average molecular weight is 310 g/mol. The molecule has 1 aliphatic heterocycles. The van der Waals surface area contributed by atoms with Crippen molar-refractivity contribution < 1.29 is 4.79 Å². The summed E-state index contributed by atoms with van der Waals surface area (Å²) in [6, 6.07) is 4.08. The first-order chi connectivity index (χ1) is 10.8. The fraction of sp³-hybridized carbons (Fsp3) is 0.556. The van der Waals surface area contributed by atoms with Crippen LogP contribution in [0.4, 0.5) is 5.82 Å². The van der Waals surface area contributed by atoms with Gasteiger partial charge in [-0.25, -0.2) is 9.97 Å². The molecule has 0 saturated carbocycles. The lowest BCUT2D eigenvalue weighted by atomic mass is 9.55. The van der Waals surface area contributed by atoms with Gasteiger partial charge in [-0.2, -0.15) is 5.26 Å². The van der Waals surface area contributed by atoms with E-state index in [0.29, 0.717) is 5.57 Å². The van der Waals surface area contributed by atoms with Gasteiger partial charge in [0, 0.05) is 35.7 Å². The van der Waals surface area contributed by atoms with E-state index in [-0.39, 0.29) is 17.1 Å². The molecule has 1 aliphatic carbocycles. The third-order valence-electron chi connectivity index (χ3n) is 5.42. The standard InChI is InChI=1S/C18H22N4O/c1-12-7-15(21-11-20-12)22-6-5-14-17(2,3)16(23)13(9-19)8-18(14,4)10-22/h7-8,11,14H,5-6,10H2,1-4H3/t14-,18-/m0/s1. The topological polar surface area (TPSA) is 69.9 Å². The van der Waals surface area contributed by atoms with Crippen LogP contribution in [0.5, 0.6) is 0 Å². The number of allylic oxidation sites excluding steroid dienone is 1. The highest BCUT2D eigenvalue weighted by atomic mass is 16.1.